The molecule has 0 atom stereocenters. The van der Waals surface area contributed by atoms with Gasteiger partial charge in [0.05, 0.1) is 4.90 Å². The molecule has 0 radical (unpaired) electrons. The van der Waals surface area contributed by atoms with Crippen LogP contribution in [0.15, 0.2) is 29.2 Å². The highest BCUT2D eigenvalue weighted by atomic mass is 35.5. The van der Waals surface area contributed by atoms with Crippen molar-refractivity contribution in [2.45, 2.75) is 37.5 Å². The summed E-state index contributed by atoms with van der Waals surface area (Å²) < 4.78 is 26.0. The number of unbranched alkanes of at least 4 members (excludes halogenated alkanes) is 2. The molecule has 0 aliphatic heterocycles. The second-order valence-electron chi connectivity index (χ2n) is 4.62. The summed E-state index contributed by atoms with van der Waals surface area (Å²) in [5.74, 6) is 0.545. The Morgan fingerprint density at radius 3 is 2.32 bits per heavy atom. The maximum Gasteiger partial charge on any atom is 0.242 e. The number of halogens is 1. The van der Waals surface area contributed by atoms with Crippen LogP contribution < -0.4 is 0 Å². The number of hydrogen-bond donors (Lipinski definition) is 0. The predicted octanol–water partition coefficient (Wildman–Crippen LogP) is 3.28. The van der Waals surface area contributed by atoms with Crippen molar-refractivity contribution in [1.29, 1.82) is 0 Å². The Hall–Kier alpha value is -0.580. The Balaban J connectivity index is 2.75. The molecule has 19 heavy (non-hydrogen) atoms. The van der Waals surface area contributed by atoms with Gasteiger partial charge in [0.15, 0.2) is 0 Å². The largest absolute Gasteiger partial charge is 0.242 e. The Labute approximate surface area is 121 Å². The Morgan fingerprint density at radius 2 is 1.79 bits per heavy atom. The number of nitrogens with zero attached hydrogens (tertiary/aromatic N) is 1. The molecule has 1 rings (SSSR count). The van der Waals surface area contributed by atoms with E-state index in [2.05, 4.69) is 6.92 Å². The first-order chi connectivity index (χ1) is 9.02. The summed E-state index contributed by atoms with van der Waals surface area (Å²) in [4.78, 5) is 0.352. The molecular weight excluding hydrogens is 282 g/mol. The molecule has 0 saturated carbocycles. The topological polar surface area (TPSA) is 37.4 Å². The van der Waals surface area contributed by atoms with Crippen LogP contribution >= 0.6 is 11.6 Å². The molecule has 0 N–H and O–H groups in total. The first-order valence-corrected chi connectivity index (χ1v) is 8.61. The van der Waals surface area contributed by atoms with Gasteiger partial charge in [0.2, 0.25) is 10.0 Å². The van der Waals surface area contributed by atoms with Crippen molar-refractivity contribution in [3.63, 3.8) is 0 Å². The maximum atomic E-state index is 12.3. The van der Waals surface area contributed by atoms with Gasteiger partial charge >= 0.3 is 0 Å². The fourth-order valence-electron chi connectivity index (χ4n) is 1.82. The average Bonchev–Trinajstić information content (AvgIpc) is 2.40. The van der Waals surface area contributed by atoms with Crippen molar-refractivity contribution in [2.75, 3.05) is 19.5 Å². The van der Waals surface area contributed by atoms with E-state index >= 15 is 0 Å². The minimum atomic E-state index is -3.35. The number of rotatable bonds is 8. The van der Waals surface area contributed by atoms with Gasteiger partial charge in [-0.15, -0.1) is 11.6 Å². The van der Waals surface area contributed by atoms with Crippen LogP contribution in [-0.4, -0.2) is 32.2 Å². The molecule has 1 aromatic rings. The third-order valence-electron chi connectivity index (χ3n) is 3.09. The van der Waals surface area contributed by atoms with Crippen LogP contribution in [0.25, 0.3) is 0 Å². The number of benzene rings is 1. The molecule has 0 aliphatic carbocycles. The molecule has 1 aromatic carbocycles. The van der Waals surface area contributed by atoms with Crippen LogP contribution in [-0.2, 0) is 16.4 Å². The van der Waals surface area contributed by atoms with E-state index in [9.17, 15) is 8.42 Å². The molecule has 0 saturated heterocycles. The molecule has 3 nitrogen and oxygen atoms in total. The van der Waals surface area contributed by atoms with Crippen molar-refractivity contribution >= 4 is 21.6 Å². The lowest BCUT2D eigenvalue weighted by atomic mass is 10.2. The molecule has 0 bridgehead atoms. The van der Waals surface area contributed by atoms with Gasteiger partial charge in [-0.25, -0.2) is 12.7 Å². The fraction of sp³-hybridized carbons (Fsp3) is 0.571. The zero-order valence-corrected chi connectivity index (χ0v) is 13.2. The fourth-order valence-corrected chi connectivity index (χ4v) is 3.25. The van der Waals surface area contributed by atoms with Gasteiger partial charge in [0.1, 0.15) is 0 Å². The van der Waals surface area contributed by atoms with Crippen LogP contribution in [0.3, 0.4) is 0 Å². The highest BCUT2D eigenvalue weighted by Crippen LogP contribution is 2.16. The molecule has 0 amide bonds. The number of alkyl halides is 1. The lowest BCUT2D eigenvalue weighted by molar-refractivity contribution is 0.454. The summed E-state index contributed by atoms with van der Waals surface area (Å²) in [5.41, 5.74) is 1.06. The number of aryl methyl sites for hydroxylation is 1. The lowest BCUT2D eigenvalue weighted by Gasteiger charge is -2.17. The number of sulfonamides is 1. The van der Waals surface area contributed by atoms with Gasteiger partial charge < -0.3 is 0 Å². The highest BCUT2D eigenvalue weighted by molar-refractivity contribution is 7.89. The summed E-state index contributed by atoms with van der Waals surface area (Å²) >= 11 is 5.66. The first-order valence-electron chi connectivity index (χ1n) is 6.63. The average molecular weight is 304 g/mol. The maximum absolute atomic E-state index is 12.3. The zero-order chi connectivity index (χ0) is 14.3. The minimum Gasteiger partial charge on any atom is -0.207 e. The van der Waals surface area contributed by atoms with Gasteiger partial charge in [-0.1, -0.05) is 31.9 Å². The van der Waals surface area contributed by atoms with Crippen LogP contribution in [0, 0.1) is 0 Å². The normalized spacial score (nSPS) is 12.0. The molecule has 0 fully saturated rings. The molecule has 0 aromatic heterocycles. The van der Waals surface area contributed by atoms with Crippen molar-refractivity contribution in [3.05, 3.63) is 29.8 Å². The molecule has 0 aliphatic rings. The van der Waals surface area contributed by atoms with E-state index < -0.39 is 10.0 Å². The third kappa shape index (κ3) is 4.79. The van der Waals surface area contributed by atoms with E-state index in [4.69, 9.17) is 11.6 Å². The molecule has 0 spiro atoms. The van der Waals surface area contributed by atoms with E-state index in [0.29, 0.717) is 17.3 Å². The molecule has 108 valence electrons. The van der Waals surface area contributed by atoms with Gasteiger partial charge in [-0.2, -0.15) is 0 Å². The van der Waals surface area contributed by atoms with Crippen molar-refractivity contribution in [2.24, 2.45) is 0 Å². The summed E-state index contributed by atoms with van der Waals surface area (Å²) in [6.45, 7) is 2.67. The number of hydrogen-bond acceptors (Lipinski definition) is 2. The van der Waals surface area contributed by atoms with Gasteiger partial charge in [0.25, 0.3) is 0 Å². The molecule has 0 unspecified atom stereocenters. The van der Waals surface area contributed by atoms with E-state index in [1.807, 2.05) is 12.1 Å². The second kappa shape index (κ2) is 7.88. The SMILES string of the molecule is CCCCCN(C)S(=O)(=O)c1ccc(CCCl)cc1. The van der Waals surface area contributed by atoms with Crippen LogP contribution in [0.4, 0.5) is 0 Å². The minimum absolute atomic E-state index is 0.352. The summed E-state index contributed by atoms with van der Waals surface area (Å²) in [7, 11) is -1.71. The molecule has 5 heteroatoms. The highest BCUT2D eigenvalue weighted by Gasteiger charge is 2.19. The molecular formula is C14H22ClNO2S. The van der Waals surface area contributed by atoms with E-state index in [1.165, 1.54) is 4.31 Å². The van der Waals surface area contributed by atoms with Crippen molar-refractivity contribution < 1.29 is 8.42 Å². The van der Waals surface area contributed by atoms with Crippen molar-refractivity contribution in [3.8, 4) is 0 Å². The van der Waals surface area contributed by atoms with E-state index in [1.54, 1.807) is 19.2 Å². The first kappa shape index (κ1) is 16.5. The van der Waals surface area contributed by atoms with Crippen molar-refractivity contribution in [1.82, 2.24) is 4.31 Å². The van der Waals surface area contributed by atoms with Crippen LogP contribution in [0.2, 0.25) is 0 Å². The van der Waals surface area contributed by atoms with Gasteiger partial charge in [0, 0.05) is 19.5 Å². The van der Waals surface area contributed by atoms with Gasteiger partial charge in [-0.3, -0.25) is 0 Å². The monoisotopic (exact) mass is 303 g/mol. The van der Waals surface area contributed by atoms with Crippen LogP contribution in [0.5, 0.6) is 0 Å². The quantitative estimate of drug-likeness (QED) is 0.546. The summed E-state index contributed by atoms with van der Waals surface area (Å²) in [6, 6.07) is 6.98. The van der Waals surface area contributed by atoms with E-state index in [0.717, 1.165) is 31.2 Å². The summed E-state index contributed by atoms with van der Waals surface area (Å²) in [5, 5.41) is 0. The smallest absolute Gasteiger partial charge is 0.207 e. The predicted molar refractivity (Wildman–Crippen MR) is 80.2 cm³/mol. The Morgan fingerprint density at radius 1 is 1.16 bits per heavy atom. The Bertz CT molecular complexity index is 471. The summed E-state index contributed by atoms with van der Waals surface area (Å²) in [6.07, 6.45) is 3.79. The van der Waals surface area contributed by atoms with Crippen LogP contribution in [0.1, 0.15) is 31.7 Å². The zero-order valence-electron chi connectivity index (χ0n) is 11.6. The molecule has 0 heterocycles. The lowest BCUT2D eigenvalue weighted by Crippen LogP contribution is -2.27. The Kier molecular flexibility index (Phi) is 6.83. The van der Waals surface area contributed by atoms with E-state index in [-0.39, 0.29) is 0 Å². The second-order valence-corrected chi connectivity index (χ2v) is 7.04. The van der Waals surface area contributed by atoms with Gasteiger partial charge in [-0.05, 0) is 30.5 Å². The third-order valence-corrected chi connectivity index (χ3v) is 5.15. The standard InChI is InChI=1S/C14H22ClNO2S/c1-3-4-5-12-16(2)19(17,18)14-8-6-13(7-9-14)10-11-15/h6-9H,3-5,10-12H2,1-2H3.